The Balaban J connectivity index is 2.33. The van der Waals surface area contributed by atoms with Crippen molar-refractivity contribution in [1.82, 2.24) is 4.90 Å². The summed E-state index contributed by atoms with van der Waals surface area (Å²) in [6.45, 7) is 3.47. The third-order valence-electron chi connectivity index (χ3n) is 2.86. The average Bonchev–Trinajstić information content (AvgIpc) is 2.99. The number of rotatable bonds is 3. The number of carbonyl (C=O) groups excluding carboxylic acids is 1. The van der Waals surface area contributed by atoms with E-state index < -0.39 is 5.54 Å². The number of amides is 1. The van der Waals surface area contributed by atoms with E-state index in [0.717, 1.165) is 12.8 Å². The molecule has 0 saturated heterocycles. The molecule has 1 heterocycles. The molecular weight excluding hydrogens is 240 g/mol. The fourth-order valence-corrected chi connectivity index (χ4v) is 2.03. The first-order valence-electron chi connectivity index (χ1n) is 5.45. The van der Waals surface area contributed by atoms with Crippen LogP contribution in [0.5, 0.6) is 0 Å². The molecular formula is C12H13ClN2O2. The van der Waals surface area contributed by atoms with Gasteiger partial charge < -0.3 is 9.32 Å². The Kier molecular flexibility index (Phi) is 2.88. The minimum Gasteiger partial charge on any atom is -0.452 e. The summed E-state index contributed by atoms with van der Waals surface area (Å²) in [6.07, 6.45) is 3.25. The van der Waals surface area contributed by atoms with Crippen LogP contribution in [0, 0.1) is 11.3 Å². The Hall–Kier alpha value is -1.47. The lowest BCUT2D eigenvalue weighted by Gasteiger charge is -2.33. The van der Waals surface area contributed by atoms with Crippen LogP contribution in [0.15, 0.2) is 16.7 Å². The fourth-order valence-electron chi connectivity index (χ4n) is 1.84. The van der Waals surface area contributed by atoms with E-state index in [1.165, 1.54) is 12.3 Å². The smallest absolute Gasteiger partial charge is 0.260 e. The summed E-state index contributed by atoms with van der Waals surface area (Å²) in [5, 5.41) is 9.23. The van der Waals surface area contributed by atoms with Gasteiger partial charge in [-0.15, -0.1) is 0 Å². The number of hydrogen-bond donors (Lipinski definition) is 0. The van der Waals surface area contributed by atoms with Gasteiger partial charge in [-0.1, -0.05) is 0 Å². The summed E-state index contributed by atoms with van der Waals surface area (Å²) >= 11 is 5.80. The van der Waals surface area contributed by atoms with E-state index in [2.05, 4.69) is 6.07 Å². The van der Waals surface area contributed by atoms with Crippen molar-refractivity contribution in [3.8, 4) is 6.07 Å². The predicted molar refractivity (Wildman–Crippen MR) is 62.6 cm³/mol. The van der Waals surface area contributed by atoms with Crippen molar-refractivity contribution >= 4 is 17.5 Å². The van der Waals surface area contributed by atoms with Crippen molar-refractivity contribution < 1.29 is 9.21 Å². The highest BCUT2D eigenvalue weighted by Crippen LogP contribution is 2.35. The van der Waals surface area contributed by atoms with Crippen molar-refractivity contribution in [3.63, 3.8) is 0 Å². The molecule has 1 aliphatic rings. The second kappa shape index (κ2) is 4.08. The molecule has 2 rings (SSSR count). The van der Waals surface area contributed by atoms with Crippen LogP contribution >= 0.6 is 11.6 Å². The second-order valence-electron chi connectivity index (χ2n) is 4.69. The molecule has 0 N–H and O–H groups in total. The zero-order valence-corrected chi connectivity index (χ0v) is 10.5. The van der Waals surface area contributed by atoms with Gasteiger partial charge in [-0.3, -0.25) is 4.79 Å². The Morgan fingerprint density at radius 1 is 1.65 bits per heavy atom. The average molecular weight is 253 g/mol. The van der Waals surface area contributed by atoms with Crippen LogP contribution in [-0.2, 0) is 0 Å². The van der Waals surface area contributed by atoms with Gasteiger partial charge >= 0.3 is 0 Å². The third-order valence-corrected chi connectivity index (χ3v) is 3.15. The Morgan fingerprint density at radius 2 is 2.29 bits per heavy atom. The van der Waals surface area contributed by atoms with Crippen LogP contribution in [0.4, 0.5) is 0 Å². The monoisotopic (exact) mass is 252 g/mol. The minimum atomic E-state index is -0.834. The number of halogens is 1. The maximum atomic E-state index is 12.3. The van der Waals surface area contributed by atoms with E-state index in [4.69, 9.17) is 21.3 Å². The first kappa shape index (κ1) is 12.0. The molecule has 1 aromatic rings. The van der Waals surface area contributed by atoms with E-state index in [9.17, 15) is 4.79 Å². The maximum Gasteiger partial charge on any atom is 0.260 e. The van der Waals surface area contributed by atoms with Gasteiger partial charge in [-0.25, -0.2) is 0 Å². The Morgan fingerprint density at radius 3 is 2.71 bits per heavy atom. The fraction of sp³-hybridized carbons (Fsp3) is 0.500. The van der Waals surface area contributed by atoms with Crippen molar-refractivity contribution in [1.29, 1.82) is 5.26 Å². The van der Waals surface area contributed by atoms with Gasteiger partial charge in [0.1, 0.15) is 5.54 Å². The predicted octanol–water partition coefficient (Wildman–Crippen LogP) is 2.84. The van der Waals surface area contributed by atoms with Crippen LogP contribution in [0.3, 0.4) is 0 Å². The number of nitrogens with zero attached hydrogens (tertiary/aromatic N) is 2. The van der Waals surface area contributed by atoms with E-state index >= 15 is 0 Å². The number of carbonyl (C=O) groups is 1. The van der Waals surface area contributed by atoms with Crippen molar-refractivity contribution in [2.45, 2.75) is 38.3 Å². The summed E-state index contributed by atoms with van der Waals surface area (Å²) in [7, 11) is 0. The quantitative estimate of drug-likeness (QED) is 0.831. The zero-order chi connectivity index (χ0) is 12.6. The molecule has 1 fully saturated rings. The van der Waals surface area contributed by atoms with Crippen LogP contribution < -0.4 is 0 Å². The molecule has 0 aliphatic heterocycles. The molecule has 0 unspecified atom stereocenters. The molecule has 1 aliphatic carbocycles. The molecule has 0 spiro atoms. The van der Waals surface area contributed by atoms with Crippen molar-refractivity contribution in [3.05, 3.63) is 23.1 Å². The Bertz CT molecular complexity index is 483. The topological polar surface area (TPSA) is 57.2 Å². The zero-order valence-electron chi connectivity index (χ0n) is 9.74. The van der Waals surface area contributed by atoms with Gasteiger partial charge in [-0.2, -0.15) is 5.26 Å². The molecule has 1 aromatic heterocycles. The molecule has 1 saturated carbocycles. The Labute approximate surface area is 105 Å². The summed E-state index contributed by atoms with van der Waals surface area (Å²) in [4.78, 5) is 13.9. The van der Waals surface area contributed by atoms with Gasteiger partial charge in [-0.05, 0) is 44.4 Å². The largest absolute Gasteiger partial charge is 0.452 e. The van der Waals surface area contributed by atoms with Gasteiger partial charge in [0.25, 0.3) is 5.91 Å². The van der Waals surface area contributed by atoms with E-state index in [1.54, 1.807) is 18.7 Å². The molecule has 0 aromatic carbocycles. The molecule has 1 amide bonds. The highest BCUT2D eigenvalue weighted by molar-refractivity contribution is 6.32. The van der Waals surface area contributed by atoms with E-state index in [1.807, 2.05) is 0 Å². The van der Waals surface area contributed by atoms with Gasteiger partial charge in [0.05, 0.1) is 17.9 Å². The van der Waals surface area contributed by atoms with E-state index in [0.29, 0.717) is 5.56 Å². The minimum absolute atomic E-state index is 0.0781. The lowest BCUT2D eigenvalue weighted by Crippen LogP contribution is -2.48. The summed E-state index contributed by atoms with van der Waals surface area (Å²) in [5.74, 6) is -0.238. The summed E-state index contributed by atoms with van der Waals surface area (Å²) in [5.41, 5.74) is -0.513. The second-order valence-corrected chi connectivity index (χ2v) is 5.03. The number of nitriles is 1. The van der Waals surface area contributed by atoms with Crippen molar-refractivity contribution in [2.75, 3.05) is 0 Å². The standard InChI is InChI=1S/C12H13ClN2O2/c1-12(2,7-14)15(8-3-4-8)11(16)9-5-6-17-10(9)13/h5-6,8H,3-4H2,1-2H3. The number of furan rings is 1. The third kappa shape index (κ3) is 2.16. The SMILES string of the molecule is CC(C)(C#N)N(C(=O)c1ccoc1Cl)C1CC1. The van der Waals surface area contributed by atoms with Crippen LogP contribution in [0.2, 0.25) is 5.22 Å². The van der Waals surface area contributed by atoms with Crippen LogP contribution in [-0.4, -0.2) is 22.4 Å². The molecule has 90 valence electrons. The highest BCUT2D eigenvalue weighted by atomic mass is 35.5. The van der Waals surface area contributed by atoms with Gasteiger partial charge in [0.15, 0.2) is 0 Å². The normalized spacial score (nSPS) is 15.4. The van der Waals surface area contributed by atoms with Crippen LogP contribution in [0.1, 0.15) is 37.0 Å². The van der Waals surface area contributed by atoms with Crippen molar-refractivity contribution in [2.24, 2.45) is 0 Å². The summed E-state index contributed by atoms with van der Waals surface area (Å²) in [6, 6.07) is 3.83. The maximum absolute atomic E-state index is 12.3. The summed E-state index contributed by atoms with van der Waals surface area (Å²) < 4.78 is 4.92. The first-order valence-corrected chi connectivity index (χ1v) is 5.83. The lowest BCUT2D eigenvalue weighted by molar-refractivity contribution is 0.0614. The molecule has 0 atom stereocenters. The molecule has 4 nitrogen and oxygen atoms in total. The van der Waals surface area contributed by atoms with Crippen LogP contribution in [0.25, 0.3) is 0 Å². The van der Waals surface area contributed by atoms with Gasteiger partial charge in [0.2, 0.25) is 5.22 Å². The molecule has 0 radical (unpaired) electrons. The van der Waals surface area contributed by atoms with E-state index in [-0.39, 0.29) is 17.2 Å². The molecule has 17 heavy (non-hydrogen) atoms. The lowest BCUT2D eigenvalue weighted by atomic mass is 10.0. The molecule has 0 bridgehead atoms. The van der Waals surface area contributed by atoms with Gasteiger partial charge in [0, 0.05) is 6.04 Å². The molecule has 5 heteroatoms. The number of hydrogen-bond acceptors (Lipinski definition) is 3. The first-order chi connectivity index (χ1) is 7.97. The highest BCUT2D eigenvalue weighted by Gasteiger charge is 2.43.